The van der Waals surface area contributed by atoms with Gasteiger partial charge in [0.2, 0.25) is 0 Å². The number of rotatable bonds is 2. The van der Waals surface area contributed by atoms with Crippen molar-refractivity contribution < 1.29 is 9.13 Å². The molecule has 64 valence electrons. The molecule has 0 radical (unpaired) electrons. The van der Waals surface area contributed by atoms with Crippen LogP contribution in [0.2, 0.25) is 0 Å². The summed E-state index contributed by atoms with van der Waals surface area (Å²) in [7, 11) is 1.45. The molecule has 0 amide bonds. The maximum atomic E-state index is 12.4. The second kappa shape index (κ2) is 3.85. The van der Waals surface area contributed by atoms with E-state index in [1.165, 1.54) is 19.2 Å². The van der Waals surface area contributed by atoms with Gasteiger partial charge < -0.3 is 4.74 Å². The Morgan fingerprint density at radius 3 is 2.50 bits per heavy atom. The number of ether oxygens (including phenoxy) is 1. The van der Waals surface area contributed by atoms with Crippen molar-refractivity contribution in [2.75, 3.05) is 7.11 Å². The van der Waals surface area contributed by atoms with Gasteiger partial charge in [0.1, 0.15) is 5.82 Å². The highest BCUT2D eigenvalue weighted by atomic mass is 19.1. The van der Waals surface area contributed by atoms with Crippen LogP contribution in [0.1, 0.15) is 5.56 Å². The van der Waals surface area contributed by atoms with E-state index in [0.717, 1.165) is 5.56 Å². The van der Waals surface area contributed by atoms with Gasteiger partial charge in [0, 0.05) is 6.42 Å². The molecule has 0 atom stereocenters. The van der Waals surface area contributed by atoms with Crippen LogP contribution in [0.25, 0.3) is 0 Å². The summed E-state index contributed by atoms with van der Waals surface area (Å²) in [5.41, 5.74) is 0.878. The Morgan fingerprint density at radius 1 is 1.42 bits per heavy atom. The van der Waals surface area contributed by atoms with Gasteiger partial charge in [0.25, 0.3) is 0 Å². The van der Waals surface area contributed by atoms with Crippen LogP contribution in [-0.2, 0) is 11.2 Å². The Kier molecular flexibility index (Phi) is 2.80. The first-order chi connectivity index (χ1) is 5.72. The van der Waals surface area contributed by atoms with Gasteiger partial charge in [-0.2, -0.15) is 0 Å². The van der Waals surface area contributed by atoms with Crippen molar-refractivity contribution in [3.63, 3.8) is 0 Å². The van der Waals surface area contributed by atoms with E-state index in [9.17, 15) is 4.39 Å². The molecule has 3 heteroatoms. The Bertz CT molecular complexity index is 268. The van der Waals surface area contributed by atoms with Crippen LogP contribution < -0.4 is 0 Å². The SMILES string of the molecule is COC(=N)Cc1ccc(F)cc1. The molecule has 0 unspecified atom stereocenters. The first kappa shape index (κ1) is 8.71. The monoisotopic (exact) mass is 167 g/mol. The van der Waals surface area contributed by atoms with E-state index in [1.807, 2.05) is 0 Å². The van der Waals surface area contributed by atoms with Crippen molar-refractivity contribution in [1.82, 2.24) is 0 Å². The van der Waals surface area contributed by atoms with E-state index in [2.05, 4.69) is 4.74 Å². The molecule has 0 aliphatic heterocycles. The zero-order chi connectivity index (χ0) is 8.97. The van der Waals surface area contributed by atoms with Crippen LogP contribution in [0.4, 0.5) is 4.39 Å². The average molecular weight is 167 g/mol. The number of halogens is 1. The van der Waals surface area contributed by atoms with Crippen LogP contribution in [0, 0.1) is 11.2 Å². The number of hydrogen-bond donors (Lipinski definition) is 1. The second-order valence-electron chi connectivity index (χ2n) is 2.43. The summed E-state index contributed by atoms with van der Waals surface area (Å²) >= 11 is 0. The Hall–Kier alpha value is -1.38. The average Bonchev–Trinajstić information content (AvgIpc) is 2.09. The summed E-state index contributed by atoms with van der Waals surface area (Å²) in [6.07, 6.45) is 0.413. The molecule has 0 saturated carbocycles. The first-order valence-electron chi connectivity index (χ1n) is 3.58. The van der Waals surface area contributed by atoms with Crippen molar-refractivity contribution >= 4 is 5.90 Å². The Morgan fingerprint density at radius 2 is 2.00 bits per heavy atom. The van der Waals surface area contributed by atoms with Gasteiger partial charge >= 0.3 is 0 Å². The van der Waals surface area contributed by atoms with E-state index in [4.69, 9.17) is 5.41 Å². The molecule has 0 fully saturated rings. The lowest BCUT2D eigenvalue weighted by Crippen LogP contribution is -2.03. The molecule has 0 heterocycles. The van der Waals surface area contributed by atoms with E-state index >= 15 is 0 Å². The Balaban J connectivity index is 2.64. The van der Waals surface area contributed by atoms with E-state index in [-0.39, 0.29) is 11.7 Å². The molecule has 2 nitrogen and oxygen atoms in total. The molecule has 0 bridgehead atoms. The topological polar surface area (TPSA) is 33.1 Å². The lowest BCUT2D eigenvalue weighted by molar-refractivity contribution is 0.390. The minimum absolute atomic E-state index is 0.182. The fourth-order valence-corrected chi connectivity index (χ4v) is 0.860. The second-order valence-corrected chi connectivity index (χ2v) is 2.43. The minimum atomic E-state index is -0.261. The fourth-order valence-electron chi connectivity index (χ4n) is 0.860. The van der Waals surface area contributed by atoms with Crippen LogP contribution >= 0.6 is 0 Å². The van der Waals surface area contributed by atoms with E-state index in [0.29, 0.717) is 6.42 Å². The van der Waals surface area contributed by atoms with Gasteiger partial charge in [-0.1, -0.05) is 12.1 Å². The molecule has 1 aromatic carbocycles. The zero-order valence-corrected chi connectivity index (χ0v) is 6.80. The third-order valence-electron chi connectivity index (χ3n) is 1.52. The molecule has 1 aromatic rings. The molecule has 0 aliphatic carbocycles. The number of nitrogens with one attached hydrogen (secondary N) is 1. The van der Waals surface area contributed by atoms with Crippen molar-refractivity contribution in [2.24, 2.45) is 0 Å². The quantitative estimate of drug-likeness (QED) is 0.530. The van der Waals surface area contributed by atoms with Crippen LogP contribution in [0.15, 0.2) is 24.3 Å². The molecule has 12 heavy (non-hydrogen) atoms. The normalized spacial score (nSPS) is 9.50. The fraction of sp³-hybridized carbons (Fsp3) is 0.222. The first-order valence-corrected chi connectivity index (χ1v) is 3.58. The maximum absolute atomic E-state index is 12.4. The number of hydrogen-bond acceptors (Lipinski definition) is 2. The lowest BCUT2D eigenvalue weighted by atomic mass is 10.1. The maximum Gasteiger partial charge on any atom is 0.184 e. The third kappa shape index (κ3) is 2.34. The predicted molar refractivity (Wildman–Crippen MR) is 44.8 cm³/mol. The number of benzene rings is 1. The van der Waals surface area contributed by atoms with E-state index in [1.54, 1.807) is 12.1 Å². The highest BCUT2D eigenvalue weighted by Crippen LogP contribution is 2.03. The highest BCUT2D eigenvalue weighted by Gasteiger charge is 1.98. The largest absolute Gasteiger partial charge is 0.484 e. The summed E-state index contributed by atoms with van der Waals surface area (Å²) in [6.45, 7) is 0. The van der Waals surface area contributed by atoms with Crippen molar-refractivity contribution in [1.29, 1.82) is 5.41 Å². The van der Waals surface area contributed by atoms with Gasteiger partial charge in [-0.15, -0.1) is 0 Å². The lowest BCUT2D eigenvalue weighted by Gasteiger charge is -2.01. The molecular weight excluding hydrogens is 157 g/mol. The summed E-state index contributed by atoms with van der Waals surface area (Å²) in [5, 5.41) is 7.21. The highest BCUT2D eigenvalue weighted by molar-refractivity contribution is 5.75. The molecule has 0 saturated heterocycles. The van der Waals surface area contributed by atoms with Crippen molar-refractivity contribution in [2.45, 2.75) is 6.42 Å². The van der Waals surface area contributed by atoms with Crippen LogP contribution in [0.5, 0.6) is 0 Å². The third-order valence-corrected chi connectivity index (χ3v) is 1.52. The Labute approximate surface area is 70.5 Å². The standard InChI is InChI=1S/C9H10FNO/c1-12-9(11)6-7-2-4-8(10)5-3-7/h2-5,11H,6H2,1H3. The number of methoxy groups -OCH3 is 1. The van der Waals surface area contributed by atoms with Crippen LogP contribution in [-0.4, -0.2) is 13.0 Å². The molecule has 0 aromatic heterocycles. The molecule has 0 aliphatic rings. The van der Waals surface area contributed by atoms with E-state index < -0.39 is 0 Å². The molecular formula is C9H10FNO. The van der Waals surface area contributed by atoms with Gasteiger partial charge in [-0.05, 0) is 17.7 Å². The van der Waals surface area contributed by atoms with Gasteiger partial charge in [0.05, 0.1) is 7.11 Å². The molecule has 0 spiro atoms. The predicted octanol–water partition coefficient (Wildman–Crippen LogP) is 1.99. The van der Waals surface area contributed by atoms with Crippen molar-refractivity contribution in [3.8, 4) is 0 Å². The zero-order valence-electron chi connectivity index (χ0n) is 6.80. The molecule has 1 rings (SSSR count). The summed E-state index contributed by atoms with van der Waals surface area (Å²) in [4.78, 5) is 0. The smallest absolute Gasteiger partial charge is 0.184 e. The van der Waals surface area contributed by atoms with Crippen LogP contribution in [0.3, 0.4) is 0 Å². The van der Waals surface area contributed by atoms with Crippen molar-refractivity contribution in [3.05, 3.63) is 35.6 Å². The summed E-state index contributed by atoms with van der Waals surface area (Å²) in [6, 6.07) is 6.03. The van der Waals surface area contributed by atoms with Gasteiger partial charge in [0.15, 0.2) is 5.90 Å². The minimum Gasteiger partial charge on any atom is -0.484 e. The summed E-state index contributed by atoms with van der Waals surface area (Å²) < 4.78 is 17.1. The summed E-state index contributed by atoms with van der Waals surface area (Å²) in [5.74, 6) is -0.0793. The molecule has 1 N–H and O–H groups in total. The van der Waals surface area contributed by atoms with Gasteiger partial charge in [-0.3, -0.25) is 5.41 Å². The van der Waals surface area contributed by atoms with Gasteiger partial charge in [-0.25, -0.2) is 4.39 Å².